The molecule has 1 fully saturated rings. The molecule has 3 nitrogen and oxygen atoms in total. The highest BCUT2D eigenvalue weighted by molar-refractivity contribution is 7.84. The fourth-order valence-electron chi connectivity index (χ4n) is 2.48. The average Bonchev–Trinajstić information content (AvgIpc) is 2.28. The second-order valence-corrected chi connectivity index (χ2v) is 7.39. The van der Waals surface area contributed by atoms with Gasteiger partial charge < -0.3 is 5.32 Å². The van der Waals surface area contributed by atoms with E-state index < -0.39 is 10.8 Å². The number of rotatable bonds is 5. The molecule has 1 saturated heterocycles. The molecule has 1 heterocycles. The first-order valence-electron chi connectivity index (χ1n) is 6.75. The molecule has 1 N–H and O–H groups in total. The zero-order chi connectivity index (χ0) is 13.0. The summed E-state index contributed by atoms with van der Waals surface area (Å²) in [6, 6.07) is 1.19. The Labute approximate surface area is 109 Å². The van der Waals surface area contributed by atoms with E-state index in [0.717, 1.165) is 19.6 Å². The van der Waals surface area contributed by atoms with Crippen molar-refractivity contribution < 1.29 is 4.21 Å². The highest BCUT2D eigenvalue weighted by atomic mass is 32.2. The molecular weight excluding hydrogens is 232 g/mol. The van der Waals surface area contributed by atoms with Gasteiger partial charge in [0.25, 0.3) is 0 Å². The number of piperazine rings is 1. The minimum atomic E-state index is -0.715. The summed E-state index contributed by atoms with van der Waals surface area (Å²) >= 11 is 0. The lowest BCUT2D eigenvalue weighted by atomic mass is 9.97. The minimum Gasteiger partial charge on any atom is -0.311 e. The zero-order valence-corrected chi connectivity index (χ0v) is 12.7. The van der Waals surface area contributed by atoms with E-state index in [1.54, 1.807) is 0 Å². The molecule has 1 aliphatic heterocycles. The first-order valence-corrected chi connectivity index (χ1v) is 8.37. The van der Waals surface area contributed by atoms with Crippen LogP contribution in [0.5, 0.6) is 0 Å². The maximum atomic E-state index is 11.5. The van der Waals surface area contributed by atoms with Gasteiger partial charge in [0.2, 0.25) is 0 Å². The van der Waals surface area contributed by atoms with Crippen molar-refractivity contribution in [3.05, 3.63) is 0 Å². The summed E-state index contributed by atoms with van der Waals surface area (Å²) in [5.41, 5.74) is 0. The van der Waals surface area contributed by atoms with Gasteiger partial charge in [-0.2, -0.15) is 0 Å². The molecule has 4 unspecified atom stereocenters. The van der Waals surface area contributed by atoms with Crippen LogP contribution in [0.15, 0.2) is 0 Å². The van der Waals surface area contributed by atoms with Crippen LogP contribution in [0.4, 0.5) is 0 Å². The van der Waals surface area contributed by atoms with Gasteiger partial charge in [0.15, 0.2) is 0 Å². The van der Waals surface area contributed by atoms with Crippen LogP contribution in [0.25, 0.3) is 0 Å². The number of hydrogen-bond acceptors (Lipinski definition) is 3. The third-order valence-corrected chi connectivity index (χ3v) is 5.14. The smallest absolute Gasteiger partial charge is 0.0444 e. The molecule has 0 radical (unpaired) electrons. The lowest BCUT2D eigenvalue weighted by Gasteiger charge is -2.43. The molecule has 1 rings (SSSR count). The van der Waals surface area contributed by atoms with Gasteiger partial charge in [0.05, 0.1) is 0 Å². The van der Waals surface area contributed by atoms with Crippen LogP contribution >= 0.6 is 0 Å². The Morgan fingerprint density at radius 3 is 2.53 bits per heavy atom. The van der Waals surface area contributed by atoms with Crippen molar-refractivity contribution in [1.29, 1.82) is 0 Å². The summed E-state index contributed by atoms with van der Waals surface area (Å²) in [6.07, 6.45) is 2.99. The van der Waals surface area contributed by atoms with Crippen molar-refractivity contribution in [2.45, 2.75) is 51.4 Å². The molecule has 0 aromatic carbocycles. The Hall–Kier alpha value is 0.0700. The van der Waals surface area contributed by atoms with Gasteiger partial charge in [0, 0.05) is 54.0 Å². The predicted molar refractivity (Wildman–Crippen MR) is 75.8 cm³/mol. The first-order chi connectivity index (χ1) is 7.95. The summed E-state index contributed by atoms with van der Waals surface area (Å²) in [7, 11) is -0.715. The van der Waals surface area contributed by atoms with Gasteiger partial charge >= 0.3 is 0 Å². The molecule has 0 saturated carbocycles. The normalized spacial score (nSPS) is 30.5. The highest BCUT2D eigenvalue weighted by Crippen LogP contribution is 2.17. The van der Waals surface area contributed by atoms with Gasteiger partial charge in [-0.3, -0.25) is 9.11 Å². The minimum absolute atomic E-state index is 0.270. The Kier molecular flexibility index (Phi) is 6.10. The molecule has 0 bridgehead atoms. The summed E-state index contributed by atoms with van der Waals surface area (Å²) in [5.74, 6) is 0.651. The quantitative estimate of drug-likeness (QED) is 0.812. The Morgan fingerprint density at radius 1 is 1.41 bits per heavy atom. The van der Waals surface area contributed by atoms with E-state index in [0.29, 0.717) is 18.0 Å². The van der Waals surface area contributed by atoms with Crippen molar-refractivity contribution in [2.75, 3.05) is 25.9 Å². The summed E-state index contributed by atoms with van der Waals surface area (Å²) in [6.45, 7) is 12.0. The van der Waals surface area contributed by atoms with E-state index in [2.05, 4.69) is 37.9 Å². The molecule has 0 aliphatic carbocycles. The van der Waals surface area contributed by atoms with Crippen LogP contribution in [0.2, 0.25) is 0 Å². The SMILES string of the molecule is CCC1CN(CC(C)S(C)=O)C(C(C)C)CN1. The van der Waals surface area contributed by atoms with E-state index in [-0.39, 0.29) is 5.25 Å². The molecular formula is C13H28N2OS. The molecule has 4 heteroatoms. The van der Waals surface area contributed by atoms with Crippen molar-refractivity contribution in [3.8, 4) is 0 Å². The van der Waals surface area contributed by atoms with Crippen LogP contribution < -0.4 is 5.32 Å². The van der Waals surface area contributed by atoms with Crippen LogP contribution in [-0.4, -0.2) is 52.3 Å². The van der Waals surface area contributed by atoms with Crippen LogP contribution in [0.3, 0.4) is 0 Å². The Morgan fingerprint density at radius 2 is 2.06 bits per heavy atom. The van der Waals surface area contributed by atoms with Crippen molar-refractivity contribution in [3.63, 3.8) is 0 Å². The van der Waals surface area contributed by atoms with E-state index in [1.807, 2.05) is 6.26 Å². The fourth-order valence-corrected chi connectivity index (χ4v) is 2.88. The van der Waals surface area contributed by atoms with E-state index >= 15 is 0 Å². The van der Waals surface area contributed by atoms with Gasteiger partial charge in [-0.25, -0.2) is 0 Å². The number of hydrogen-bond donors (Lipinski definition) is 1. The molecule has 0 amide bonds. The molecule has 0 aromatic heterocycles. The van der Waals surface area contributed by atoms with Crippen LogP contribution in [0, 0.1) is 5.92 Å². The van der Waals surface area contributed by atoms with Crippen LogP contribution in [-0.2, 0) is 10.8 Å². The number of nitrogens with zero attached hydrogens (tertiary/aromatic N) is 1. The van der Waals surface area contributed by atoms with Crippen molar-refractivity contribution in [2.24, 2.45) is 5.92 Å². The third-order valence-electron chi connectivity index (χ3n) is 3.86. The van der Waals surface area contributed by atoms with E-state index in [1.165, 1.54) is 6.42 Å². The molecule has 1 aliphatic rings. The standard InChI is InChI=1S/C13H28N2OS/c1-6-12-9-15(8-11(4)17(5)16)13(7-14-12)10(2)3/h10-14H,6-9H2,1-5H3. The van der Waals surface area contributed by atoms with Crippen LogP contribution in [0.1, 0.15) is 34.1 Å². The largest absolute Gasteiger partial charge is 0.311 e. The van der Waals surface area contributed by atoms with E-state index in [4.69, 9.17) is 0 Å². The summed E-state index contributed by atoms with van der Waals surface area (Å²) < 4.78 is 11.5. The molecule has 102 valence electrons. The van der Waals surface area contributed by atoms with Gasteiger partial charge in [0.1, 0.15) is 0 Å². The molecule has 4 atom stereocenters. The lowest BCUT2D eigenvalue weighted by Crippen LogP contribution is -2.59. The third kappa shape index (κ3) is 4.34. The van der Waals surface area contributed by atoms with Gasteiger partial charge in [-0.15, -0.1) is 0 Å². The van der Waals surface area contributed by atoms with Crippen molar-refractivity contribution >= 4 is 10.8 Å². The highest BCUT2D eigenvalue weighted by Gasteiger charge is 2.30. The fraction of sp³-hybridized carbons (Fsp3) is 1.00. The van der Waals surface area contributed by atoms with Gasteiger partial charge in [-0.1, -0.05) is 20.8 Å². The Bertz CT molecular complexity index is 258. The first kappa shape index (κ1) is 15.1. The second-order valence-electron chi connectivity index (χ2n) is 5.59. The lowest BCUT2D eigenvalue weighted by molar-refractivity contribution is 0.0985. The second kappa shape index (κ2) is 6.86. The predicted octanol–water partition coefficient (Wildman–Crippen LogP) is 1.46. The van der Waals surface area contributed by atoms with E-state index in [9.17, 15) is 4.21 Å². The topological polar surface area (TPSA) is 32.3 Å². The maximum Gasteiger partial charge on any atom is 0.0444 e. The monoisotopic (exact) mass is 260 g/mol. The number of nitrogens with one attached hydrogen (secondary N) is 1. The zero-order valence-electron chi connectivity index (χ0n) is 11.9. The molecule has 0 spiro atoms. The van der Waals surface area contributed by atoms with Gasteiger partial charge in [-0.05, 0) is 19.3 Å². The summed E-state index contributed by atoms with van der Waals surface area (Å²) in [4.78, 5) is 2.54. The summed E-state index contributed by atoms with van der Waals surface area (Å²) in [5, 5.41) is 3.89. The maximum absolute atomic E-state index is 11.5. The molecule has 17 heavy (non-hydrogen) atoms. The molecule has 0 aromatic rings. The van der Waals surface area contributed by atoms with Crippen molar-refractivity contribution in [1.82, 2.24) is 10.2 Å². The Balaban J connectivity index is 2.63. The average molecular weight is 260 g/mol.